The van der Waals surface area contributed by atoms with Gasteiger partial charge in [-0.3, -0.25) is 0 Å². The lowest BCUT2D eigenvalue weighted by Gasteiger charge is -2.11. The van der Waals surface area contributed by atoms with Gasteiger partial charge in [-0.1, -0.05) is 35.3 Å². The van der Waals surface area contributed by atoms with E-state index in [0.717, 1.165) is 12.1 Å². The van der Waals surface area contributed by atoms with E-state index in [-0.39, 0.29) is 17.2 Å². The van der Waals surface area contributed by atoms with E-state index in [1.165, 1.54) is 0 Å². The molecule has 2 aromatic carbocycles. The first-order valence-electron chi connectivity index (χ1n) is 5.67. The molecule has 6 heteroatoms. The van der Waals surface area contributed by atoms with E-state index in [0.29, 0.717) is 10.6 Å². The van der Waals surface area contributed by atoms with Crippen molar-refractivity contribution in [3.05, 3.63) is 63.1 Å². The molecule has 106 valence electrons. The standard InChI is InChI=1S/C14H10Cl2F2O2/c15-10-3-1-2-9(13(10)16)7-20-14-11(17)4-8(6-19)5-12(14)18/h1-5,19H,6-7H2. The Morgan fingerprint density at radius 1 is 1.10 bits per heavy atom. The highest BCUT2D eigenvalue weighted by Gasteiger charge is 2.14. The summed E-state index contributed by atoms with van der Waals surface area (Å²) < 4.78 is 32.4. The second-order valence-electron chi connectivity index (χ2n) is 4.05. The van der Waals surface area contributed by atoms with Gasteiger partial charge in [-0.05, 0) is 23.8 Å². The maximum absolute atomic E-state index is 13.6. The van der Waals surface area contributed by atoms with E-state index in [2.05, 4.69) is 0 Å². The molecule has 0 aromatic heterocycles. The second kappa shape index (κ2) is 6.39. The van der Waals surface area contributed by atoms with Crippen molar-refractivity contribution in [1.82, 2.24) is 0 Å². The van der Waals surface area contributed by atoms with Crippen LogP contribution in [0.2, 0.25) is 10.0 Å². The summed E-state index contributed by atoms with van der Waals surface area (Å²) >= 11 is 11.8. The van der Waals surface area contributed by atoms with Gasteiger partial charge >= 0.3 is 0 Å². The van der Waals surface area contributed by atoms with Gasteiger partial charge in [0.15, 0.2) is 17.4 Å². The number of rotatable bonds is 4. The zero-order chi connectivity index (χ0) is 14.7. The van der Waals surface area contributed by atoms with E-state index in [1.807, 2.05) is 0 Å². The summed E-state index contributed by atoms with van der Waals surface area (Å²) in [6.45, 7) is -0.569. The monoisotopic (exact) mass is 318 g/mol. The molecular formula is C14H10Cl2F2O2. The number of hydrogen-bond acceptors (Lipinski definition) is 2. The van der Waals surface area contributed by atoms with Gasteiger partial charge in [-0.25, -0.2) is 8.78 Å². The Labute approximate surface area is 124 Å². The van der Waals surface area contributed by atoms with Crippen molar-refractivity contribution in [2.45, 2.75) is 13.2 Å². The van der Waals surface area contributed by atoms with Crippen molar-refractivity contribution in [1.29, 1.82) is 0 Å². The topological polar surface area (TPSA) is 29.5 Å². The van der Waals surface area contributed by atoms with Crippen LogP contribution in [0.25, 0.3) is 0 Å². The average molecular weight is 319 g/mol. The molecule has 0 unspecified atom stereocenters. The second-order valence-corrected chi connectivity index (χ2v) is 4.83. The summed E-state index contributed by atoms with van der Waals surface area (Å²) in [6.07, 6.45) is 0. The molecule has 0 fully saturated rings. The Morgan fingerprint density at radius 3 is 2.35 bits per heavy atom. The van der Waals surface area contributed by atoms with E-state index < -0.39 is 24.0 Å². The Balaban J connectivity index is 2.21. The van der Waals surface area contributed by atoms with Crippen molar-refractivity contribution in [2.75, 3.05) is 0 Å². The SMILES string of the molecule is OCc1cc(F)c(OCc2cccc(Cl)c2Cl)c(F)c1. The number of hydrogen-bond donors (Lipinski definition) is 1. The molecular weight excluding hydrogens is 309 g/mol. The van der Waals surface area contributed by atoms with Crippen LogP contribution in [0.3, 0.4) is 0 Å². The third-order valence-electron chi connectivity index (χ3n) is 2.64. The highest BCUT2D eigenvalue weighted by Crippen LogP contribution is 2.28. The quantitative estimate of drug-likeness (QED) is 0.908. The smallest absolute Gasteiger partial charge is 0.191 e. The van der Waals surface area contributed by atoms with Crippen LogP contribution in [0.5, 0.6) is 5.75 Å². The molecule has 20 heavy (non-hydrogen) atoms. The Kier molecular flexibility index (Phi) is 4.81. The van der Waals surface area contributed by atoms with Crippen LogP contribution in [0.1, 0.15) is 11.1 Å². The molecule has 0 aliphatic rings. The van der Waals surface area contributed by atoms with Crippen LogP contribution in [0.15, 0.2) is 30.3 Å². The lowest BCUT2D eigenvalue weighted by molar-refractivity contribution is 0.266. The number of benzene rings is 2. The summed E-state index contributed by atoms with van der Waals surface area (Å²) in [5.41, 5.74) is 0.650. The maximum Gasteiger partial charge on any atom is 0.191 e. The van der Waals surface area contributed by atoms with Gasteiger partial charge in [0.05, 0.1) is 16.7 Å². The van der Waals surface area contributed by atoms with Crippen LogP contribution in [-0.2, 0) is 13.2 Å². The zero-order valence-corrected chi connectivity index (χ0v) is 11.7. The molecule has 0 heterocycles. The molecule has 0 saturated carbocycles. The molecule has 0 amide bonds. The lowest BCUT2D eigenvalue weighted by Crippen LogP contribution is -2.02. The normalized spacial score (nSPS) is 10.7. The van der Waals surface area contributed by atoms with Gasteiger partial charge in [0, 0.05) is 5.56 Å². The summed E-state index contributed by atoms with van der Waals surface area (Å²) in [5.74, 6) is -2.28. The minimum Gasteiger partial charge on any atom is -0.483 e. The first-order valence-corrected chi connectivity index (χ1v) is 6.43. The predicted molar refractivity (Wildman–Crippen MR) is 73.1 cm³/mol. The van der Waals surface area contributed by atoms with Crippen molar-refractivity contribution < 1.29 is 18.6 Å². The van der Waals surface area contributed by atoms with E-state index >= 15 is 0 Å². The fraction of sp³-hybridized carbons (Fsp3) is 0.143. The molecule has 0 saturated heterocycles. The molecule has 0 atom stereocenters. The van der Waals surface area contributed by atoms with Crippen LogP contribution in [0.4, 0.5) is 8.78 Å². The predicted octanol–water partition coefficient (Wildman–Crippen LogP) is 4.34. The molecule has 0 aliphatic carbocycles. The minimum absolute atomic E-state index is 0.119. The van der Waals surface area contributed by atoms with Gasteiger partial charge in [-0.2, -0.15) is 0 Å². The van der Waals surface area contributed by atoms with E-state index in [9.17, 15) is 8.78 Å². The Morgan fingerprint density at radius 2 is 1.75 bits per heavy atom. The molecule has 0 spiro atoms. The summed E-state index contributed by atoms with van der Waals surface area (Å²) in [4.78, 5) is 0. The summed E-state index contributed by atoms with van der Waals surface area (Å²) in [5, 5.41) is 9.46. The largest absolute Gasteiger partial charge is 0.483 e. The van der Waals surface area contributed by atoms with Gasteiger partial charge < -0.3 is 9.84 Å². The average Bonchev–Trinajstić information content (AvgIpc) is 2.42. The highest BCUT2D eigenvalue weighted by molar-refractivity contribution is 6.42. The van der Waals surface area contributed by atoms with Gasteiger partial charge in [0.25, 0.3) is 0 Å². The Bertz CT molecular complexity index is 610. The first-order chi connectivity index (χ1) is 9.52. The van der Waals surface area contributed by atoms with Crippen molar-refractivity contribution in [3.63, 3.8) is 0 Å². The van der Waals surface area contributed by atoms with E-state index in [4.69, 9.17) is 33.0 Å². The number of ether oxygens (including phenoxy) is 1. The van der Waals surface area contributed by atoms with Crippen LogP contribution < -0.4 is 4.74 Å². The molecule has 2 aromatic rings. The third-order valence-corrected chi connectivity index (χ3v) is 3.50. The van der Waals surface area contributed by atoms with Crippen molar-refractivity contribution in [3.8, 4) is 5.75 Å². The summed E-state index contributed by atoms with van der Waals surface area (Å²) in [6, 6.07) is 6.93. The molecule has 0 radical (unpaired) electrons. The van der Waals surface area contributed by atoms with Gasteiger partial charge in [-0.15, -0.1) is 0 Å². The first kappa shape index (κ1) is 15.0. The zero-order valence-electron chi connectivity index (χ0n) is 10.2. The fourth-order valence-electron chi connectivity index (χ4n) is 1.65. The Hall–Kier alpha value is -1.36. The third kappa shape index (κ3) is 3.20. The molecule has 1 N–H and O–H groups in total. The van der Waals surface area contributed by atoms with Gasteiger partial charge in [0.1, 0.15) is 6.61 Å². The summed E-state index contributed by atoms with van der Waals surface area (Å²) in [7, 11) is 0. The molecule has 0 aliphatic heterocycles. The van der Waals surface area contributed by atoms with Crippen molar-refractivity contribution in [2.24, 2.45) is 0 Å². The highest BCUT2D eigenvalue weighted by atomic mass is 35.5. The minimum atomic E-state index is -0.882. The molecule has 2 rings (SSSR count). The van der Waals surface area contributed by atoms with Crippen LogP contribution in [-0.4, -0.2) is 5.11 Å². The lowest BCUT2D eigenvalue weighted by atomic mass is 10.2. The molecule has 2 nitrogen and oxygen atoms in total. The van der Waals surface area contributed by atoms with Gasteiger partial charge in [0.2, 0.25) is 0 Å². The van der Waals surface area contributed by atoms with Crippen molar-refractivity contribution >= 4 is 23.2 Å². The number of aliphatic hydroxyl groups is 1. The van der Waals surface area contributed by atoms with Crippen LogP contribution in [0, 0.1) is 11.6 Å². The molecule has 0 bridgehead atoms. The fourth-order valence-corrected chi connectivity index (χ4v) is 2.03. The number of halogens is 4. The maximum atomic E-state index is 13.6. The van der Waals surface area contributed by atoms with E-state index in [1.54, 1.807) is 18.2 Å². The number of aliphatic hydroxyl groups excluding tert-OH is 1. The van der Waals surface area contributed by atoms with Crippen LogP contribution >= 0.6 is 23.2 Å².